The van der Waals surface area contributed by atoms with Gasteiger partial charge in [-0.05, 0) is 6.07 Å². The van der Waals surface area contributed by atoms with Crippen molar-refractivity contribution >= 4 is 64.0 Å². The van der Waals surface area contributed by atoms with Crippen molar-refractivity contribution in [1.29, 1.82) is 0 Å². The van der Waals surface area contributed by atoms with Gasteiger partial charge in [-0.15, -0.1) is 0 Å². The molecule has 0 saturated carbocycles. The van der Waals surface area contributed by atoms with E-state index < -0.39 is 17.7 Å². The first-order valence-electron chi connectivity index (χ1n) is 5.89. The number of cyclic esters (lactones) is 2. The summed E-state index contributed by atoms with van der Waals surface area (Å²) in [5, 5.41) is 3.11. The topological polar surface area (TPSA) is 64.6 Å². The molecule has 0 bridgehead atoms. The van der Waals surface area contributed by atoms with Gasteiger partial charge >= 0.3 is 11.9 Å². The molecule has 1 aliphatic rings. The van der Waals surface area contributed by atoms with Crippen LogP contribution in [0.2, 0.25) is 20.1 Å². The highest BCUT2D eigenvalue weighted by molar-refractivity contribution is 6.51. The minimum atomic E-state index is -1.32. The molecule has 22 heavy (non-hydrogen) atoms. The molecule has 1 aromatic rings. The Morgan fingerprint density at radius 2 is 1.55 bits per heavy atom. The summed E-state index contributed by atoms with van der Waals surface area (Å²) >= 11 is 23.7. The van der Waals surface area contributed by atoms with E-state index in [1.54, 1.807) is 0 Å². The van der Waals surface area contributed by atoms with E-state index in [1.165, 1.54) is 19.9 Å². The normalized spacial score (nSPS) is 16.9. The third-order valence-corrected chi connectivity index (χ3v) is 4.15. The van der Waals surface area contributed by atoms with Gasteiger partial charge in [0.1, 0.15) is 0 Å². The molecular weight excluding hydrogens is 376 g/mol. The number of carbonyl (C=O) groups is 2. The Balaban J connectivity index is 2.32. The Morgan fingerprint density at radius 3 is 2.09 bits per heavy atom. The van der Waals surface area contributed by atoms with Crippen molar-refractivity contribution in [3.8, 4) is 0 Å². The lowest BCUT2D eigenvalue weighted by Gasteiger charge is -2.29. The number of ether oxygens (including phenoxy) is 2. The lowest BCUT2D eigenvalue weighted by molar-refractivity contribution is -0.222. The van der Waals surface area contributed by atoms with Crippen LogP contribution in [0.3, 0.4) is 0 Å². The van der Waals surface area contributed by atoms with E-state index in [0.717, 1.165) is 6.20 Å². The summed E-state index contributed by atoms with van der Waals surface area (Å²) in [5.74, 6) is -2.98. The summed E-state index contributed by atoms with van der Waals surface area (Å²) < 4.78 is 9.89. The first-order valence-corrected chi connectivity index (χ1v) is 7.40. The lowest BCUT2D eigenvalue weighted by Crippen LogP contribution is -2.42. The largest absolute Gasteiger partial charge is 0.419 e. The van der Waals surface area contributed by atoms with Gasteiger partial charge in [-0.25, -0.2) is 9.59 Å². The van der Waals surface area contributed by atoms with Gasteiger partial charge in [0.05, 0.1) is 25.8 Å². The molecule has 118 valence electrons. The predicted octanol–water partition coefficient (Wildman–Crippen LogP) is 4.43. The van der Waals surface area contributed by atoms with Gasteiger partial charge in [-0.2, -0.15) is 0 Å². The predicted molar refractivity (Wildman–Crippen MR) is 84.5 cm³/mol. The lowest BCUT2D eigenvalue weighted by atomic mass is 10.2. The first-order chi connectivity index (χ1) is 10.1. The fourth-order valence-electron chi connectivity index (χ4n) is 1.62. The van der Waals surface area contributed by atoms with Crippen molar-refractivity contribution in [3.05, 3.63) is 37.9 Å². The van der Waals surface area contributed by atoms with E-state index in [-0.39, 0.29) is 31.4 Å². The Morgan fingerprint density at radius 1 is 1.00 bits per heavy atom. The molecule has 0 radical (unpaired) electrons. The SMILES string of the molecule is CC1(C)OC(=O)C(=CNc2c(Cl)cc(Cl)c(Cl)c2Cl)C(=O)O1. The van der Waals surface area contributed by atoms with E-state index in [4.69, 9.17) is 55.9 Å². The van der Waals surface area contributed by atoms with Gasteiger partial charge in [0, 0.05) is 20.0 Å². The molecule has 9 heteroatoms. The number of hydrogen-bond acceptors (Lipinski definition) is 5. The zero-order valence-electron chi connectivity index (χ0n) is 11.3. The zero-order chi connectivity index (χ0) is 16.7. The van der Waals surface area contributed by atoms with Gasteiger partial charge in [0.25, 0.3) is 5.79 Å². The quantitative estimate of drug-likeness (QED) is 0.268. The third-order valence-electron chi connectivity index (χ3n) is 2.59. The number of rotatable bonds is 2. The second-order valence-corrected chi connectivity index (χ2v) is 6.29. The standard InChI is InChI=1S/C13H9Cl4NO4/c1-13(2)21-11(19)5(12(20)22-13)4-18-10-7(15)3-6(14)8(16)9(10)17/h3-4,18H,1-2H3. The second kappa shape index (κ2) is 6.16. The highest BCUT2D eigenvalue weighted by Crippen LogP contribution is 2.41. The van der Waals surface area contributed by atoms with Crippen molar-refractivity contribution in [2.45, 2.75) is 19.6 Å². The van der Waals surface area contributed by atoms with Crippen LogP contribution in [0.4, 0.5) is 5.69 Å². The highest BCUT2D eigenvalue weighted by atomic mass is 35.5. The number of benzene rings is 1. The molecule has 1 aromatic carbocycles. The molecule has 5 nitrogen and oxygen atoms in total. The Labute approximate surface area is 146 Å². The van der Waals surface area contributed by atoms with E-state index in [9.17, 15) is 9.59 Å². The minimum Gasteiger partial charge on any atom is -0.419 e. The number of nitrogens with one attached hydrogen (secondary N) is 1. The summed E-state index contributed by atoms with van der Waals surface area (Å²) in [4.78, 5) is 23.6. The van der Waals surface area contributed by atoms with Gasteiger partial charge in [0.15, 0.2) is 5.57 Å². The van der Waals surface area contributed by atoms with E-state index in [2.05, 4.69) is 5.32 Å². The van der Waals surface area contributed by atoms with Crippen molar-refractivity contribution < 1.29 is 19.1 Å². The van der Waals surface area contributed by atoms with Crippen LogP contribution in [0, 0.1) is 0 Å². The molecule has 1 heterocycles. The maximum atomic E-state index is 11.8. The number of halogens is 4. The maximum Gasteiger partial charge on any atom is 0.350 e. The van der Waals surface area contributed by atoms with Gasteiger partial charge in [-0.1, -0.05) is 46.4 Å². The molecule has 0 unspecified atom stereocenters. The molecule has 1 N–H and O–H groups in total. The summed E-state index contributed by atoms with van der Waals surface area (Å²) in [5.41, 5.74) is -0.145. The third kappa shape index (κ3) is 3.43. The molecule has 0 spiro atoms. The van der Waals surface area contributed by atoms with Crippen LogP contribution in [0.15, 0.2) is 17.8 Å². The average molecular weight is 385 g/mol. The Kier molecular flexibility index (Phi) is 4.82. The highest BCUT2D eigenvalue weighted by Gasteiger charge is 2.39. The summed E-state index contributed by atoms with van der Waals surface area (Å²) in [6, 6.07) is 1.37. The zero-order valence-corrected chi connectivity index (χ0v) is 14.3. The van der Waals surface area contributed by atoms with Crippen molar-refractivity contribution in [2.75, 3.05) is 5.32 Å². The summed E-state index contributed by atoms with van der Waals surface area (Å²) in [7, 11) is 0. The summed E-state index contributed by atoms with van der Waals surface area (Å²) in [6.45, 7) is 2.89. The molecular formula is C13H9Cl4NO4. The van der Waals surface area contributed by atoms with Crippen molar-refractivity contribution in [1.82, 2.24) is 0 Å². The van der Waals surface area contributed by atoms with Crippen molar-refractivity contribution in [2.24, 2.45) is 0 Å². The number of anilines is 1. The average Bonchev–Trinajstić information content (AvgIpc) is 2.37. The van der Waals surface area contributed by atoms with E-state index in [1.807, 2.05) is 0 Å². The van der Waals surface area contributed by atoms with Crippen LogP contribution in [-0.4, -0.2) is 17.7 Å². The molecule has 0 amide bonds. The fourth-order valence-corrected chi connectivity index (χ4v) is 2.64. The van der Waals surface area contributed by atoms with E-state index >= 15 is 0 Å². The van der Waals surface area contributed by atoms with Crippen LogP contribution in [0.5, 0.6) is 0 Å². The van der Waals surface area contributed by atoms with Gasteiger partial charge in [0.2, 0.25) is 0 Å². The van der Waals surface area contributed by atoms with Crippen molar-refractivity contribution in [3.63, 3.8) is 0 Å². The van der Waals surface area contributed by atoms with Crippen LogP contribution in [-0.2, 0) is 19.1 Å². The van der Waals surface area contributed by atoms with Crippen LogP contribution in [0.25, 0.3) is 0 Å². The Bertz CT molecular complexity index is 678. The number of esters is 2. The number of hydrogen-bond donors (Lipinski definition) is 1. The Hall–Kier alpha value is -1.14. The number of carbonyl (C=O) groups excluding carboxylic acids is 2. The second-order valence-electron chi connectivity index (χ2n) is 4.72. The maximum absolute atomic E-state index is 11.8. The fraction of sp³-hybridized carbons (Fsp3) is 0.231. The van der Waals surface area contributed by atoms with E-state index in [0.29, 0.717) is 0 Å². The monoisotopic (exact) mass is 383 g/mol. The van der Waals surface area contributed by atoms with Crippen LogP contribution >= 0.6 is 46.4 Å². The molecule has 1 fully saturated rings. The minimum absolute atomic E-state index is 0.0499. The van der Waals surface area contributed by atoms with Crippen LogP contribution < -0.4 is 5.32 Å². The first kappa shape index (κ1) is 17.2. The molecule has 0 atom stereocenters. The summed E-state index contributed by atoms with van der Waals surface area (Å²) in [6.07, 6.45) is 1.08. The van der Waals surface area contributed by atoms with Gasteiger partial charge < -0.3 is 14.8 Å². The molecule has 0 aliphatic carbocycles. The molecule has 0 aromatic heterocycles. The molecule has 1 saturated heterocycles. The van der Waals surface area contributed by atoms with Crippen LogP contribution in [0.1, 0.15) is 13.8 Å². The van der Waals surface area contributed by atoms with Gasteiger partial charge in [-0.3, -0.25) is 0 Å². The smallest absolute Gasteiger partial charge is 0.350 e. The molecule has 2 rings (SSSR count). The molecule has 1 aliphatic heterocycles.